The first-order valence-electron chi connectivity index (χ1n) is 3.12. The van der Waals surface area contributed by atoms with Crippen molar-refractivity contribution in [3.8, 4) is 0 Å². The molecule has 0 bridgehead atoms. The molecule has 1 fully saturated rings. The van der Waals surface area contributed by atoms with E-state index in [4.69, 9.17) is 0 Å². The zero-order valence-corrected chi connectivity index (χ0v) is 9.83. The molecule has 1 N–H and O–H groups in total. The average molecular weight is 183 g/mol. The number of carboxylic acid groups (broad SMARTS) is 1. The van der Waals surface area contributed by atoms with Crippen molar-refractivity contribution in [2.45, 2.75) is 24.6 Å². The van der Waals surface area contributed by atoms with Gasteiger partial charge in [0.25, 0.3) is 0 Å². The summed E-state index contributed by atoms with van der Waals surface area (Å²) in [4.78, 5) is 10.4. The Labute approximate surface area is 92.6 Å². The van der Waals surface area contributed by atoms with E-state index in [0.29, 0.717) is 5.88 Å². The second kappa shape index (κ2) is 4.14. The molecule has 0 unspecified atom stereocenters. The molecule has 1 atom stereocenters. The van der Waals surface area contributed by atoms with E-state index in [0.717, 1.165) is 0 Å². The predicted octanol–water partition coefficient (Wildman–Crippen LogP) is -3.82. The minimum absolute atomic E-state index is 0. The number of rotatable bonds is 1. The van der Waals surface area contributed by atoms with Crippen LogP contribution in [0.5, 0.6) is 0 Å². The van der Waals surface area contributed by atoms with Crippen LogP contribution in [0.25, 0.3) is 0 Å². The first-order chi connectivity index (χ1) is 4.54. The topological polar surface area (TPSA) is 52.2 Å². The summed E-state index contributed by atoms with van der Waals surface area (Å²) in [6, 6.07) is -0.502. The summed E-state index contributed by atoms with van der Waals surface area (Å²) in [6.07, 6.45) is 0. The van der Waals surface area contributed by atoms with Crippen molar-refractivity contribution in [2.75, 3.05) is 5.88 Å². The minimum Gasteiger partial charge on any atom is -0.548 e. The number of hydrogen-bond acceptors (Lipinski definition) is 4. The summed E-state index contributed by atoms with van der Waals surface area (Å²) >= 11 is 1.60. The second-order valence-electron chi connectivity index (χ2n) is 2.85. The standard InChI is InChI=1S/C6H11NO2S.Na/c1-6(2)4(5(8)9)7-3-10-6;/h4,7H,3H2,1-2H3,(H,8,9);/q;+1/p-1/t4-;/m0./s1. The van der Waals surface area contributed by atoms with Crippen LogP contribution in [0, 0.1) is 0 Å². The molecule has 1 heterocycles. The predicted molar refractivity (Wildman–Crippen MR) is 38.5 cm³/mol. The fraction of sp³-hybridized carbons (Fsp3) is 0.833. The van der Waals surface area contributed by atoms with Gasteiger partial charge in [0.05, 0.1) is 12.0 Å². The molecular weight excluding hydrogens is 173 g/mol. The van der Waals surface area contributed by atoms with Gasteiger partial charge in [-0.2, -0.15) is 0 Å². The van der Waals surface area contributed by atoms with Crippen LogP contribution in [0.4, 0.5) is 0 Å². The summed E-state index contributed by atoms with van der Waals surface area (Å²) in [5.74, 6) is -0.305. The fourth-order valence-electron chi connectivity index (χ4n) is 1.01. The van der Waals surface area contributed by atoms with Crippen LogP contribution in [0.2, 0.25) is 0 Å². The summed E-state index contributed by atoms with van der Waals surface area (Å²) in [5, 5.41) is 13.3. The summed E-state index contributed by atoms with van der Waals surface area (Å²) in [7, 11) is 0. The maximum atomic E-state index is 10.4. The van der Waals surface area contributed by atoms with Gasteiger partial charge in [0.1, 0.15) is 0 Å². The molecule has 0 aromatic carbocycles. The van der Waals surface area contributed by atoms with E-state index in [1.54, 1.807) is 11.8 Å². The van der Waals surface area contributed by atoms with E-state index < -0.39 is 12.0 Å². The normalized spacial score (nSPS) is 27.6. The van der Waals surface area contributed by atoms with E-state index in [1.165, 1.54) is 0 Å². The Morgan fingerprint density at radius 3 is 2.45 bits per heavy atom. The van der Waals surface area contributed by atoms with E-state index >= 15 is 0 Å². The largest absolute Gasteiger partial charge is 1.00 e. The molecule has 0 aromatic heterocycles. The van der Waals surface area contributed by atoms with Crippen LogP contribution >= 0.6 is 11.8 Å². The second-order valence-corrected chi connectivity index (χ2v) is 4.48. The average Bonchev–Trinajstić information content (AvgIpc) is 2.08. The molecule has 0 saturated carbocycles. The van der Waals surface area contributed by atoms with Crippen molar-refractivity contribution in [3.05, 3.63) is 0 Å². The van der Waals surface area contributed by atoms with Crippen LogP contribution < -0.4 is 40.0 Å². The van der Waals surface area contributed by atoms with Crippen molar-refractivity contribution >= 4 is 17.7 Å². The van der Waals surface area contributed by atoms with Gasteiger partial charge >= 0.3 is 29.6 Å². The van der Waals surface area contributed by atoms with Gasteiger partial charge in [-0.05, 0) is 13.8 Å². The molecule has 1 aliphatic rings. The Hall–Kier alpha value is 0.780. The molecule has 5 heteroatoms. The molecule has 0 spiro atoms. The molecule has 0 aliphatic carbocycles. The van der Waals surface area contributed by atoms with Gasteiger partial charge in [-0.25, -0.2) is 0 Å². The molecule has 1 saturated heterocycles. The molecule has 0 radical (unpaired) electrons. The van der Waals surface area contributed by atoms with Gasteiger partial charge in [0, 0.05) is 10.6 Å². The smallest absolute Gasteiger partial charge is 0.548 e. The zero-order valence-electron chi connectivity index (χ0n) is 7.01. The summed E-state index contributed by atoms with van der Waals surface area (Å²) < 4.78 is -0.223. The quantitative estimate of drug-likeness (QED) is 0.423. The molecule has 0 amide bonds. The molecule has 0 aromatic rings. The Morgan fingerprint density at radius 2 is 2.27 bits per heavy atom. The molecule has 1 rings (SSSR count). The van der Waals surface area contributed by atoms with Crippen LogP contribution in [0.15, 0.2) is 0 Å². The number of carbonyl (C=O) groups excluding carboxylic acids is 1. The van der Waals surface area contributed by atoms with Gasteiger partial charge in [-0.3, -0.25) is 5.32 Å². The Kier molecular flexibility index (Phi) is 4.43. The monoisotopic (exact) mass is 183 g/mol. The summed E-state index contributed by atoms with van der Waals surface area (Å²) in [5.41, 5.74) is 0. The third kappa shape index (κ3) is 2.63. The first kappa shape index (κ1) is 11.8. The number of thioether (sulfide) groups is 1. The third-order valence-corrected chi connectivity index (χ3v) is 2.95. The Morgan fingerprint density at radius 1 is 1.73 bits per heavy atom. The maximum Gasteiger partial charge on any atom is 1.00 e. The van der Waals surface area contributed by atoms with Crippen molar-refractivity contribution in [1.29, 1.82) is 0 Å². The van der Waals surface area contributed by atoms with Gasteiger partial charge in [0.15, 0.2) is 0 Å². The van der Waals surface area contributed by atoms with Crippen LogP contribution in [0.1, 0.15) is 13.8 Å². The minimum atomic E-state index is -1.00. The molecule has 1 aliphatic heterocycles. The Balaban J connectivity index is 0.000001000. The fourth-order valence-corrected chi connectivity index (χ4v) is 1.98. The number of nitrogens with one attached hydrogen (secondary N) is 1. The van der Waals surface area contributed by atoms with Crippen molar-refractivity contribution < 1.29 is 39.5 Å². The SMILES string of the molecule is CC1(C)SCN[C@H]1C(=O)[O-].[Na+]. The summed E-state index contributed by atoms with van der Waals surface area (Å²) in [6.45, 7) is 3.80. The van der Waals surface area contributed by atoms with Crippen molar-refractivity contribution in [3.63, 3.8) is 0 Å². The van der Waals surface area contributed by atoms with Crippen LogP contribution in [-0.4, -0.2) is 22.6 Å². The van der Waals surface area contributed by atoms with Gasteiger partial charge in [0.2, 0.25) is 0 Å². The van der Waals surface area contributed by atoms with E-state index in [9.17, 15) is 9.90 Å². The van der Waals surface area contributed by atoms with E-state index in [1.807, 2.05) is 13.8 Å². The molecule has 58 valence electrons. The molecule has 11 heavy (non-hydrogen) atoms. The number of carbonyl (C=O) groups is 1. The Bertz CT molecular complexity index is 163. The molecule has 3 nitrogen and oxygen atoms in total. The number of hydrogen-bond donors (Lipinski definition) is 1. The van der Waals surface area contributed by atoms with E-state index in [2.05, 4.69) is 5.32 Å². The zero-order chi connectivity index (χ0) is 7.78. The number of carboxylic acids is 1. The number of aliphatic carboxylic acids is 1. The van der Waals surface area contributed by atoms with Crippen molar-refractivity contribution in [1.82, 2.24) is 5.32 Å². The van der Waals surface area contributed by atoms with Crippen LogP contribution in [0.3, 0.4) is 0 Å². The van der Waals surface area contributed by atoms with E-state index in [-0.39, 0.29) is 34.3 Å². The van der Waals surface area contributed by atoms with Crippen LogP contribution in [-0.2, 0) is 4.79 Å². The molecular formula is C6H10NNaO2S. The van der Waals surface area contributed by atoms with Gasteiger partial charge in [-0.1, -0.05) is 0 Å². The van der Waals surface area contributed by atoms with Gasteiger partial charge in [-0.15, -0.1) is 11.8 Å². The first-order valence-corrected chi connectivity index (χ1v) is 4.11. The maximum absolute atomic E-state index is 10.4. The van der Waals surface area contributed by atoms with Gasteiger partial charge < -0.3 is 9.90 Å². The van der Waals surface area contributed by atoms with Crippen molar-refractivity contribution in [2.24, 2.45) is 0 Å². The third-order valence-electron chi connectivity index (χ3n) is 1.66.